The van der Waals surface area contributed by atoms with Crippen molar-refractivity contribution in [3.05, 3.63) is 47.3 Å². The summed E-state index contributed by atoms with van der Waals surface area (Å²) in [6.07, 6.45) is 0.987. The number of halogens is 1. The second kappa shape index (κ2) is 12.6. The van der Waals surface area contributed by atoms with Crippen LogP contribution in [0.5, 0.6) is 5.75 Å². The van der Waals surface area contributed by atoms with Crippen molar-refractivity contribution in [2.24, 2.45) is 4.99 Å². The molecule has 156 valence electrons. The summed E-state index contributed by atoms with van der Waals surface area (Å²) < 4.78 is 7.98. The lowest BCUT2D eigenvalue weighted by atomic mass is 10.0. The summed E-state index contributed by atoms with van der Waals surface area (Å²) in [7, 11) is 1.78. The van der Waals surface area contributed by atoms with Crippen LogP contribution in [0.25, 0.3) is 0 Å². The van der Waals surface area contributed by atoms with Gasteiger partial charge in [-0.15, -0.1) is 24.0 Å². The van der Waals surface area contributed by atoms with Crippen LogP contribution in [-0.2, 0) is 6.54 Å². The van der Waals surface area contributed by atoms with Crippen molar-refractivity contribution >= 4 is 29.9 Å². The monoisotopic (exact) mass is 499 g/mol. The maximum Gasteiger partial charge on any atom is 0.191 e. The van der Waals surface area contributed by atoms with E-state index in [0.29, 0.717) is 19.1 Å². The summed E-state index contributed by atoms with van der Waals surface area (Å²) in [5.41, 5.74) is 3.51. The molecule has 0 aliphatic rings. The zero-order chi connectivity index (χ0) is 19.6. The Balaban J connectivity index is 0.00000392. The van der Waals surface area contributed by atoms with Gasteiger partial charge in [-0.25, -0.2) is 0 Å². The van der Waals surface area contributed by atoms with E-state index in [4.69, 9.17) is 4.74 Å². The molecule has 2 N–H and O–H groups in total. The maximum atomic E-state index is 5.94. The van der Waals surface area contributed by atoms with Crippen LogP contribution in [0, 0.1) is 13.8 Å². The third-order valence-corrected chi connectivity index (χ3v) is 4.36. The highest BCUT2D eigenvalue weighted by atomic mass is 127. The van der Waals surface area contributed by atoms with Crippen molar-refractivity contribution in [3.63, 3.8) is 0 Å². The number of nitrogens with zero attached hydrogens (tertiary/aromatic N) is 3. The number of hydrogen-bond acceptors (Lipinski definition) is 3. The highest BCUT2D eigenvalue weighted by Crippen LogP contribution is 2.25. The van der Waals surface area contributed by atoms with Crippen molar-refractivity contribution in [1.82, 2.24) is 20.4 Å². The third kappa shape index (κ3) is 7.69. The molecule has 6 nitrogen and oxygen atoms in total. The van der Waals surface area contributed by atoms with Gasteiger partial charge in [0.05, 0.1) is 12.2 Å². The van der Waals surface area contributed by atoms with Gasteiger partial charge in [0.2, 0.25) is 0 Å². The molecule has 0 aliphatic carbocycles. The van der Waals surface area contributed by atoms with Gasteiger partial charge >= 0.3 is 0 Å². The lowest BCUT2D eigenvalue weighted by molar-refractivity contribution is 0.317. The van der Waals surface area contributed by atoms with Gasteiger partial charge in [0.15, 0.2) is 5.96 Å². The Kier molecular flexibility index (Phi) is 11.0. The predicted octanol–water partition coefficient (Wildman–Crippen LogP) is 3.88. The second-order valence-corrected chi connectivity index (χ2v) is 6.97. The summed E-state index contributed by atoms with van der Waals surface area (Å²) in [6.45, 7) is 11.5. The van der Waals surface area contributed by atoms with Crippen molar-refractivity contribution in [2.45, 2.75) is 46.6 Å². The number of para-hydroxylation sites is 1. The van der Waals surface area contributed by atoms with E-state index in [2.05, 4.69) is 59.7 Å². The molecule has 7 heteroatoms. The molecule has 2 aromatic rings. The molecule has 0 saturated heterocycles. The van der Waals surface area contributed by atoms with Gasteiger partial charge in [-0.05, 0) is 43.9 Å². The van der Waals surface area contributed by atoms with Crippen molar-refractivity contribution in [3.8, 4) is 5.75 Å². The zero-order valence-electron chi connectivity index (χ0n) is 17.7. The molecule has 0 aliphatic heterocycles. The molecule has 0 saturated carbocycles. The van der Waals surface area contributed by atoms with Crippen LogP contribution >= 0.6 is 24.0 Å². The van der Waals surface area contributed by atoms with E-state index in [1.807, 2.05) is 23.7 Å². The first-order valence-electron chi connectivity index (χ1n) is 9.68. The minimum atomic E-state index is 0. The fraction of sp³-hybridized carbons (Fsp3) is 0.524. The quantitative estimate of drug-likeness (QED) is 0.238. The highest BCUT2D eigenvalue weighted by Gasteiger charge is 2.06. The fourth-order valence-corrected chi connectivity index (χ4v) is 2.98. The number of hydrogen-bond donors (Lipinski definition) is 2. The summed E-state index contributed by atoms with van der Waals surface area (Å²) in [6, 6.07) is 10.3. The van der Waals surface area contributed by atoms with E-state index in [1.165, 1.54) is 11.3 Å². The minimum absolute atomic E-state index is 0. The first-order chi connectivity index (χ1) is 13.0. The largest absolute Gasteiger partial charge is 0.491 e. The van der Waals surface area contributed by atoms with Gasteiger partial charge in [-0.3, -0.25) is 9.67 Å². The fourth-order valence-electron chi connectivity index (χ4n) is 2.98. The molecule has 0 amide bonds. The van der Waals surface area contributed by atoms with Crippen molar-refractivity contribution < 1.29 is 4.74 Å². The van der Waals surface area contributed by atoms with E-state index in [9.17, 15) is 0 Å². The van der Waals surface area contributed by atoms with Gasteiger partial charge in [-0.2, -0.15) is 5.10 Å². The second-order valence-electron chi connectivity index (χ2n) is 6.97. The average Bonchev–Trinajstić information content (AvgIpc) is 2.97. The van der Waals surface area contributed by atoms with Crippen molar-refractivity contribution in [2.75, 3.05) is 26.7 Å². The van der Waals surface area contributed by atoms with E-state index in [1.54, 1.807) is 7.05 Å². The SMILES string of the molecule is CN=C(NCCCn1nc(C)cc1C)NCCOc1ccccc1C(C)C.I. The minimum Gasteiger partial charge on any atom is -0.491 e. The smallest absolute Gasteiger partial charge is 0.191 e. The molecule has 1 heterocycles. The van der Waals surface area contributed by atoms with E-state index in [-0.39, 0.29) is 24.0 Å². The number of aliphatic imine (C=N–C) groups is 1. The first kappa shape index (κ1) is 24.3. The lowest BCUT2D eigenvalue weighted by Gasteiger charge is -2.15. The number of ether oxygens (including phenoxy) is 1. The van der Waals surface area contributed by atoms with Crippen LogP contribution in [0.2, 0.25) is 0 Å². The molecule has 28 heavy (non-hydrogen) atoms. The van der Waals surface area contributed by atoms with Crippen LogP contribution in [0.15, 0.2) is 35.3 Å². The van der Waals surface area contributed by atoms with E-state index >= 15 is 0 Å². The van der Waals surface area contributed by atoms with Crippen molar-refractivity contribution in [1.29, 1.82) is 0 Å². The Morgan fingerprint density at radius 1 is 1.18 bits per heavy atom. The summed E-state index contributed by atoms with van der Waals surface area (Å²) in [5.74, 6) is 2.21. The predicted molar refractivity (Wildman–Crippen MR) is 127 cm³/mol. The molecule has 1 aromatic carbocycles. The van der Waals surface area contributed by atoms with Crippen LogP contribution in [0.4, 0.5) is 0 Å². The van der Waals surface area contributed by atoms with Crippen LogP contribution < -0.4 is 15.4 Å². The number of guanidine groups is 1. The van der Waals surface area contributed by atoms with Gasteiger partial charge < -0.3 is 15.4 Å². The first-order valence-corrected chi connectivity index (χ1v) is 9.68. The Hall–Kier alpha value is -1.77. The molecule has 0 bridgehead atoms. The number of aryl methyl sites for hydroxylation is 3. The van der Waals surface area contributed by atoms with E-state index in [0.717, 1.165) is 36.9 Å². The van der Waals surface area contributed by atoms with Crippen LogP contribution in [0.3, 0.4) is 0 Å². The van der Waals surface area contributed by atoms with Gasteiger partial charge in [0, 0.05) is 25.8 Å². The Bertz CT molecular complexity index is 742. The van der Waals surface area contributed by atoms with Crippen LogP contribution in [0.1, 0.15) is 43.1 Å². The van der Waals surface area contributed by atoms with Crippen LogP contribution in [-0.4, -0.2) is 42.5 Å². The Morgan fingerprint density at radius 3 is 2.54 bits per heavy atom. The lowest BCUT2D eigenvalue weighted by Crippen LogP contribution is -2.39. The summed E-state index contributed by atoms with van der Waals surface area (Å²) in [4.78, 5) is 4.26. The summed E-state index contributed by atoms with van der Waals surface area (Å²) >= 11 is 0. The molecule has 0 unspecified atom stereocenters. The highest BCUT2D eigenvalue weighted by molar-refractivity contribution is 14.0. The number of aromatic nitrogens is 2. The topological polar surface area (TPSA) is 63.5 Å². The number of rotatable bonds is 9. The number of benzene rings is 1. The summed E-state index contributed by atoms with van der Waals surface area (Å²) in [5, 5.41) is 11.1. The molecular weight excluding hydrogens is 465 g/mol. The standard InChI is InChI=1S/C21H33N5O.HI/c1-16(2)19-9-6-7-10-20(19)27-14-12-24-21(22-5)23-11-8-13-26-18(4)15-17(3)25-26;/h6-7,9-10,15-16H,8,11-14H2,1-5H3,(H2,22,23,24);1H. The van der Waals surface area contributed by atoms with Gasteiger partial charge in [-0.1, -0.05) is 32.0 Å². The third-order valence-electron chi connectivity index (χ3n) is 4.36. The molecule has 1 aromatic heterocycles. The normalized spacial score (nSPS) is 11.3. The van der Waals surface area contributed by atoms with E-state index < -0.39 is 0 Å². The molecule has 0 spiro atoms. The van der Waals surface area contributed by atoms with Gasteiger partial charge in [0.1, 0.15) is 12.4 Å². The Labute approximate surface area is 186 Å². The maximum absolute atomic E-state index is 5.94. The Morgan fingerprint density at radius 2 is 1.89 bits per heavy atom. The molecule has 0 fully saturated rings. The molecular formula is C21H34IN5O. The molecule has 2 rings (SSSR count). The average molecular weight is 499 g/mol. The van der Waals surface area contributed by atoms with Gasteiger partial charge in [0.25, 0.3) is 0 Å². The molecule has 0 atom stereocenters. The molecule has 0 radical (unpaired) electrons. The zero-order valence-corrected chi connectivity index (χ0v) is 20.0. The number of nitrogens with one attached hydrogen (secondary N) is 2.